The molecule has 1 fully saturated rings. The first kappa shape index (κ1) is 13.2. The van der Waals surface area contributed by atoms with Crippen LogP contribution in [0.25, 0.3) is 0 Å². The number of amides is 1. The van der Waals surface area contributed by atoms with E-state index in [0.29, 0.717) is 25.9 Å². The molecule has 3 rings (SSSR count). The molecule has 2 aliphatic heterocycles. The number of likely N-dealkylation sites (tertiary alicyclic amines) is 1. The van der Waals surface area contributed by atoms with Gasteiger partial charge in [0.05, 0.1) is 6.54 Å². The molecule has 0 saturated carbocycles. The van der Waals surface area contributed by atoms with Crippen molar-refractivity contribution < 1.29 is 14.3 Å². The number of nitrogens with zero attached hydrogens (tertiary/aromatic N) is 1. The summed E-state index contributed by atoms with van der Waals surface area (Å²) in [5.41, 5.74) is 1.20. The molecular formula is C15H20N2O3. The fourth-order valence-corrected chi connectivity index (χ4v) is 2.95. The molecule has 0 radical (unpaired) electrons. The van der Waals surface area contributed by atoms with Crippen LogP contribution < -0.4 is 14.8 Å². The molecular weight excluding hydrogens is 256 g/mol. The van der Waals surface area contributed by atoms with Crippen molar-refractivity contribution in [1.82, 2.24) is 10.2 Å². The monoisotopic (exact) mass is 276 g/mol. The van der Waals surface area contributed by atoms with Crippen LogP contribution in [0.3, 0.4) is 0 Å². The van der Waals surface area contributed by atoms with Crippen LogP contribution in [0.4, 0.5) is 0 Å². The molecule has 1 N–H and O–H groups in total. The van der Waals surface area contributed by atoms with Crippen molar-refractivity contribution in [3.05, 3.63) is 23.8 Å². The summed E-state index contributed by atoms with van der Waals surface area (Å²) in [5, 5.41) is 2.86. The highest BCUT2D eigenvalue weighted by Crippen LogP contribution is 2.38. The summed E-state index contributed by atoms with van der Waals surface area (Å²) in [6.45, 7) is 4.35. The van der Waals surface area contributed by atoms with E-state index in [2.05, 4.69) is 16.3 Å². The summed E-state index contributed by atoms with van der Waals surface area (Å²) in [5.74, 6) is 1.72. The number of ether oxygens (including phenoxy) is 2. The maximum atomic E-state index is 11.8. The van der Waals surface area contributed by atoms with E-state index < -0.39 is 0 Å². The molecule has 1 saturated heterocycles. The Morgan fingerprint density at radius 3 is 3.10 bits per heavy atom. The summed E-state index contributed by atoms with van der Waals surface area (Å²) in [6.07, 6.45) is 2.21. The minimum atomic E-state index is 0.0974. The third-order valence-electron chi connectivity index (χ3n) is 3.87. The maximum Gasteiger partial charge on any atom is 0.234 e. The quantitative estimate of drug-likeness (QED) is 0.909. The Balaban J connectivity index is 1.73. The van der Waals surface area contributed by atoms with Gasteiger partial charge in [0.1, 0.15) is 0 Å². The van der Waals surface area contributed by atoms with E-state index >= 15 is 0 Å². The molecule has 108 valence electrons. The van der Waals surface area contributed by atoms with Gasteiger partial charge in [-0.05, 0) is 44.0 Å². The Labute approximate surface area is 118 Å². The van der Waals surface area contributed by atoms with Crippen LogP contribution in [0, 0.1) is 0 Å². The number of rotatable bonds is 4. The number of carbonyl (C=O) groups excluding carboxylic acids is 1. The Kier molecular flexibility index (Phi) is 3.78. The fourth-order valence-electron chi connectivity index (χ4n) is 2.95. The summed E-state index contributed by atoms with van der Waals surface area (Å²) in [6, 6.07) is 6.38. The topological polar surface area (TPSA) is 50.8 Å². The molecule has 0 spiro atoms. The van der Waals surface area contributed by atoms with E-state index in [9.17, 15) is 4.79 Å². The third kappa shape index (κ3) is 2.58. The number of nitrogens with one attached hydrogen (secondary N) is 1. The number of hydrogen-bond donors (Lipinski definition) is 1. The Bertz CT molecular complexity index is 504. The second kappa shape index (κ2) is 5.71. The first-order valence-corrected chi connectivity index (χ1v) is 7.18. The summed E-state index contributed by atoms with van der Waals surface area (Å²) >= 11 is 0. The Morgan fingerprint density at radius 2 is 2.25 bits per heavy atom. The van der Waals surface area contributed by atoms with Crippen molar-refractivity contribution in [3.63, 3.8) is 0 Å². The minimum absolute atomic E-state index is 0.0974. The molecule has 5 nitrogen and oxygen atoms in total. The van der Waals surface area contributed by atoms with E-state index in [1.807, 2.05) is 19.1 Å². The molecule has 1 aromatic carbocycles. The Morgan fingerprint density at radius 1 is 1.40 bits per heavy atom. The average Bonchev–Trinajstić information content (AvgIpc) is 3.06. The van der Waals surface area contributed by atoms with Gasteiger partial charge < -0.3 is 14.8 Å². The number of likely N-dealkylation sites (N-methyl/N-ethyl adjacent to an activating group) is 1. The maximum absolute atomic E-state index is 11.8. The van der Waals surface area contributed by atoms with Crippen LogP contribution in [0.2, 0.25) is 0 Å². The van der Waals surface area contributed by atoms with Crippen molar-refractivity contribution in [2.24, 2.45) is 0 Å². The van der Waals surface area contributed by atoms with Crippen LogP contribution in [0.15, 0.2) is 18.2 Å². The van der Waals surface area contributed by atoms with Crippen molar-refractivity contribution >= 4 is 5.91 Å². The van der Waals surface area contributed by atoms with Gasteiger partial charge in [-0.15, -0.1) is 0 Å². The third-order valence-corrected chi connectivity index (χ3v) is 3.87. The molecule has 1 aromatic rings. The van der Waals surface area contributed by atoms with Crippen LogP contribution >= 0.6 is 0 Å². The highest BCUT2D eigenvalue weighted by atomic mass is 16.7. The number of benzene rings is 1. The smallest absolute Gasteiger partial charge is 0.234 e. The molecule has 2 aliphatic rings. The van der Waals surface area contributed by atoms with E-state index in [1.54, 1.807) is 0 Å². The second-order valence-electron chi connectivity index (χ2n) is 5.19. The fraction of sp³-hybridized carbons (Fsp3) is 0.533. The zero-order chi connectivity index (χ0) is 13.9. The average molecular weight is 276 g/mol. The van der Waals surface area contributed by atoms with Crippen molar-refractivity contribution in [1.29, 1.82) is 0 Å². The van der Waals surface area contributed by atoms with Gasteiger partial charge in [0.25, 0.3) is 0 Å². The number of carbonyl (C=O) groups is 1. The predicted molar refractivity (Wildman–Crippen MR) is 74.8 cm³/mol. The molecule has 20 heavy (non-hydrogen) atoms. The molecule has 0 aliphatic carbocycles. The molecule has 1 atom stereocenters. The number of fused-ring (bicyclic) bond motifs is 1. The molecule has 1 unspecified atom stereocenters. The lowest BCUT2D eigenvalue weighted by atomic mass is 10.0. The predicted octanol–water partition coefficient (Wildman–Crippen LogP) is 1.69. The molecule has 5 heteroatoms. The summed E-state index contributed by atoms with van der Waals surface area (Å²) < 4.78 is 10.8. The minimum Gasteiger partial charge on any atom is -0.454 e. The van der Waals surface area contributed by atoms with Gasteiger partial charge in [0, 0.05) is 12.6 Å². The zero-order valence-corrected chi connectivity index (χ0v) is 11.7. The SMILES string of the molecule is CCNC(=O)CN1CCCC1c1ccc2c(c1)OCO2. The first-order chi connectivity index (χ1) is 9.78. The van der Waals surface area contributed by atoms with Crippen LogP contribution in [-0.2, 0) is 4.79 Å². The first-order valence-electron chi connectivity index (χ1n) is 7.18. The zero-order valence-electron chi connectivity index (χ0n) is 11.7. The van der Waals surface area contributed by atoms with Crippen LogP contribution in [0.1, 0.15) is 31.4 Å². The van der Waals surface area contributed by atoms with E-state index in [-0.39, 0.29) is 5.91 Å². The largest absolute Gasteiger partial charge is 0.454 e. The van der Waals surface area contributed by atoms with E-state index in [0.717, 1.165) is 30.9 Å². The highest BCUT2D eigenvalue weighted by molar-refractivity contribution is 5.78. The van der Waals surface area contributed by atoms with Gasteiger partial charge in [0.15, 0.2) is 11.5 Å². The second-order valence-corrected chi connectivity index (χ2v) is 5.19. The van der Waals surface area contributed by atoms with E-state index in [1.165, 1.54) is 5.56 Å². The lowest BCUT2D eigenvalue weighted by Crippen LogP contribution is -2.36. The van der Waals surface area contributed by atoms with Crippen molar-refractivity contribution in [3.8, 4) is 11.5 Å². The highest BCUT2D eigenvalue weighted by Gasteiger charge is 2.28. The van der Waals surface area contributed by atoms with Crippen LogP contribution in [-0.4, -0.2) is 37.2 Å². The normalized spacial score (nSPS) is 21.1. The summed E-state index contributed by atoms with van der Waals surface area (Å²) in [7, 11) is 0. The van der Waals surface area contributed by atoms with E-state index in [4.69, 9.17) is 9.47 Å². The van der Waals surface area contributed by atoms with Gasteiger partial charge in [-0.3, -0.25) is 9.69 Å². The number of hydrogen-bond acceptors (Lipinski definition) is 4. The molecule has 2 heterocycles. The van der Waals surface area contributed by atoms with Gasteiger partial charge in [-0.2, -0.15) is 0 Å². The molecule has 1 amide bonds. The Hall–Kier alpha value is -1.75. The molecule has 0 bridgehead atoms. The van der Waals surface area contributed by atoms with Gasteiger partial charge in [-0.1, -0.05) is 6.07 Å². The van der Waals surface area contributed by atoms with Gasteiger partial charge in [-0.25, -0.2) is 0 Å². The van der Waals surface area contributed by atoms with Crippen molar-refractivity contribution in [2.75, 3.05) is 26.4 Å². The lowest BCUT2D eigenvalue weighted by molar-refractivity contribution is -0.122. The lowest BCUT2D eigenvalue weighted by Gasteiger charge is -2.24. The van der Waals surface area contributed by atoms with Gasteiger partial charge >= 0.3 is 0 Å². The van der Waals surface area contributed by atoms with Crippen molar-refractivity contribution in [2.45, 2.75) is 25.8 Å². The van der Waals surface area contributed by atoms with Crippen LogP contribution in [0.5, 0.6) is 11.5 Å². The standard InChI is InChI=1S/C15H20N2O3/c1-2-16-15(18)9-17-7-3-4-12(17)11-5-6-13-14(8-11)20-10-19-13/h5-6,8,12H,2-4,7,9-10H2,1H3,(H,16,18). The van der Waals surface area contributed by atoms with Gasteiger partial charge in [0.2, 0.25) is 12.7 Å². The summed E-state index contributed by atoms with van der Waals surface area (Å²) in [4.78, 5) is 14.0. The molecule has 0 aromatic heterocycles.